The van der Waals surface area contributed by atoms with Gasteiger partial charge in [-0.15, -0.1) is 0 Å². The molecule has 0 unspecified atom stereocenters. The molecular formula is C21H27NO9. The van der Waals surface area contributed by atoms with Gasteiger partial charge in [-0.3, -0.25) is 19.2 Å². The second kappa shape index (κ2) is 10.8. The van der Waals surface area contributed by atoms with Crippen molar-refractivity contribution in [3.63, 3.8) is 0 Å². The van der Waals surface area contributed by atoms with Crippen LogP contribution in [0.15, 0.2) is 24.3 Å². The molecule has 10 heteroatoms. The summed E-state index contributed by atoms with van der Waals surface area (Å²) >= 11 is 0. The van der Waals surface area contributed by atoms with E-state index in [0.29, 0.717) is 5.75 Å². The Bertz CT molecular complexity index is 825. The number of carbonyl (C=O) groups is 4. The van der Waals surface area contributed by atoms with E-state index in [9.17, 15) is 19.2 Å². The molecule has 0 radical (unpaired) electrons. The van der Waals surface area contributed by atoms with Gasteiger partial charge in [0.05, 0.1) is 0 Å². The molecule has 0 aromatic heterocycles. The number of esters is 3. The topological polar surface area (TPSA) is 126 Å². The van der Waals surface area contributed by atoms with Crippen LogP contribution in [-0.4, -0.2) is 61.1 Å². The second-order valence-corrected chi connectivity index (χ2v) is 7.10. The van der Waals surface area contributed by atoms with Crippen molar-refractivity contribution in [2.45, 2.75) is 65.3 Å². The molecule has 1 aromatic carbocycles. The maximum atomic E-state index is 11.9. The first-order valence-corrected chi connectivity index (χ1v) is 9.71. The molecule has 1 aliphatic heterocycles. The highest BCUT2D eigenvalue weighted by Crippen LogP contribution is 2.30. The highest BCUT2D eigenvalue weighted by atomic mass is 16.7. The summed E-state index contributed by atoms with van der Waals surface area (Å²) < 4.78 is 27.8. The molecule has 170 valence electrons. The minimum Gasteiger partial charge on any atom is -0.463 e. The van der Waals surface area contributed by atoms with E-state index in [2.05, 4.69) is 5.32 Å². The molecule has 1 amide bonds. The Morgan fingerprint density at radius 1 is 0.935 bits per heavy atom. The summed E-state index contributed by atoms with van der Waals surface area (Å²) in [6, 6.07) is 6.12. The van der Waals surface area contributed by atoms with Gasteiger partial charge >= 0.3 is 17.9 Å². The summed E-state index contributed by atoms with van der Waals surface area (Å²) in [7, 11) is 0. The van der Waals surface area contributed by atoms with Crippen LogP contribution in [0.4, 0.5) is 0 Å². The maximum absolute atomic E-state index is 11.9. The van der Waals surface area contributed by atoms with E-state index in [4.69, 9.17) is 23.7 Å². The first kappa shape index (κ1) is 24.1. The van der Waals surface area contributed by atoms with Gasteiger partial charge in [-0.25, -0.2) is 0 Å². The Hall–Kier alpha value is -3.14. The predicted octanol–water partition coefficient (Wildman–Crippen LogP) is 1.03. The lowest BCUT2D eigenvalue weighted by molar-refractivity contribution is -0.257. The molecule has 10 nitrogen and oxygen atoms in total. The van der Waals surface area contributed by atoms with Crippen LogP contribution in [0.25, 0.3) is 0 Å². The highest BCUT2D eigenvalue weighted by molar-refractivity contribution is 5.73. The first-order chi connectivity index (χ1) is 14.6. The zero-order chi connectivity index (χ0) is 23.1. The van der Waals surface area contributed by atoms with Crippen molar-refractivity contribution >= 4 is 23.8 Å². The van der Waals surface area contributed by atoms with Crippen LogP contribution in [-0.2, 0) is 38.1 Å². The molecule has 31 heavy (non-hydrogen) atoms. The van der Waals surface area contributed by atoms with Gasteiger partial charge in [0.25, 0.3) is 0 Å². The Balaban J connectivity index is 2.46. The molecule has 1 fully saturated rings. The van der Waals surface area contributed by atoms with Crippen LogP contribution in [0.3, 0.4) is 0 Å². The van der Waals surface area contributed by atoms with Gasteiger partial charge in [-0.2, -0.15) is 0 Å². The summed E-state index contributed by atoms with van der Waals surface area (Å²) in [5.74, 6) is -1.88. The van der Waals surface area contributed by atoms with E-state index < -0.39 is 54.5 Å². The lowest BCUT2D eigenvalue weighted by Gasteiger charge is -2.44. The largest absolute Gasteiger partial charge is 0.463 e. The average Bonchev–Trinajstić information content (AvgIpc) is 2.65. The number of benzene rings is 1. The molecule has 1 aromatic rings. The first-order valence-electron chi connectivity index (χ1n) is 9.71. The number of aryl methyl sites for hydroxylation is 1. The fourth-order valence-electron chi connectivity index (χ4n) is 3.21. The van der Waals surface area contributed by atoms with E-state index in [-0.39, 0.29) is 6.61 Å². The van der Waals surface area contributed by atoms with Crippen LogP contribution < -0.4 is 10.1 Å². The summed E-state index contributed by atoms with van der Waals surface area (Å²) in [6.07, 6.45) is -4.47. The lowest BCUT2D eigenvalue weighted by atomic mass is 9.96. The van der Waals surface area contributed by atoms with Crippen LogP contribution in [0.2, 0.25) is 0 Å². The summed E-state index contributed by atoms with van der Waals surface area (Å²) in [6.45, 7) is 6.40. The number of hydrogen-bond acceptors (Lipinski definition) is 9. The van der Waals surface area contributed by atoms with Gasteiger partial charge < -0.3 is 29.0 Å². The van der Waals surface area contributed by atoms with Gasteiger partial charge in [-0.1, -0.05) is 18.2 Å². The number of carbonyl (C=O) groups excluding carboxylic acids is 4. The molecule has 1 saturated heterocycles. The zero-order valence-electron chi connectivity index (χ0n) is 18.1. The van der Waals surface area contributed by atoms with E-state index >= 15 is 0 Å². The Labute approximate surface area is 180 Å². The molecule has 0 aliphatic carbocycles. The third-order valence-corrected chi connectivity index (χ3v) is 4.41. The van der Waals surface area contributed by atoms with Crippen LogP contribution >= 0.6 is 0 Å². The van der Waals surface area contributed by atoms with Gasteiger partial charge in [0.15, 0.2) is 12.2 Å². The smallest absolute Gasteiger partial charge is 0.303 e. The molecule has 1 aliphatic rings. The lowest BCUT2D eigenvalue weighted by Crippen LogP contribution is -2.67. The van der Waals surface area contributed by atoms with E-state index in [1.807, 2.05) is 19.1 Å². The van der Waals surface area contributed by atoms with Gasteiger partial charge in [0.2, 0.25) is 12.2 Å². The Morgan fingerprint density at radius 2 is 1.55 bits per heavy atom. The number of para-hydroxylation sites is 1. The Morgan fingerprint density at radius 3 is 2.10 bits per heavy atom. The van der Waals surface area contributed by atoms with Crippen molar-refractivity contribution in [1.82, 2.24) is 5.32 Å². The predicted molar refractivity (Wildman–Crippen MR) is 106 cm³/mol. The van der Waals surface area contributed by atoms with Gasteiger partial charge in [0, 0.05) is 27.7 Å². The normalized spacial score (nSPS) is 25.1. The van der Waals surface area contributed by atoms with Crippen molar-refractivity contribution in [3.8, 4) is 5.75 Å². The van der Waals surface area contributed by atoms with Crippen LogP contribution in [0.1, 0.15) is 33.3 Å². The molecule has 1 N–H and O–H groups in total. The van der Waals surface area contributed by atoms with Crippen molar-refractivity contribution in [2.24, 2.45) is 0 Å². The number of ether oxygens (including phenoxy) is 5. The monoisotopic (exact) mass is 437 g/mol. The SMILES string of the molecule is CC(=O)N[C@@H]1[C@@H](Oc2ccccc2C)O[C@@H](COC(C)=O)[C@@H](OC(C)=O)[C@H]1OC(C)=O. The maximum Gasteiger partial charge on any atom is 0.303 e. The molecule has 0 saturated carbocycles. The molecule has 2 rings (SSSR count). The molecule has 0 spiro atoms. The molecule has 5 atom stereocenters. The molecule has 0 bridgehead atoms. The number of nitrogens with one attached hydrogen (secondary N) is 1. The average molecular weight is 437 g/mol. The van der Waals surface area contributed by atoms with Crippen LogP contribution in [0, 0.1) is 6.92 Å². The minimum atomic E-state index is -1.16. The van der Waals surface area contributed by atoms with E-state index in [1.54, 1.807) is 12.1 Å². The second-order valence-electron chi connectivity index (χ2n) is 7.10. The summed E-state index contributed by atoms with van der Waals surface area (Å²) in [5.41, 5.74) is 0.801. The third-order valence-electron chi connectivity index (χ3n) is 4.41. The van der Waals surface area contributed by atoms with Crippen molar-refractivity contribution < 1.29 is 42.9 Å². The van der Waals surface area contributed by atoms with E-state index in [1.165, 1.54) is 27.7 Å². The fourth-order valence-corrected chi connectivity index (χ4v) is 3.21. The van der Waals surface area contributed by atoms with Crippen molar-refractivity contribution in [1.29, 1.82) is 0 Å². The van der Waals surface area contributed by atoms with Gasteiger partial charge in [0.1, 0.15) is 24.5 Å². The zero-order valence-corrected chi connectivity index (χ0v) is 18.1. The summed E-state index contributed by atoms with van der Waals surface area (Å²) in [4.78, 5) is 46.8. The molecular weight excluding hydrogens is 410 g/mol. The van der Waals surface area contributed by atoms with Crippen molar-refractivity contribution in [3.05, 3.63) is 29.8 Å². The quantitative estimate of drug-likeness (QED) is 0.491. The number of rotatable bonds is 7. The molecule has 1 heterocycles. The Kier molecular flexibility index (Phi) is 8.38. The fraction of sp³-hybridized carbons (Fsp3) is 0.524. The van der Waals surface area contributed by atoms with E-state index in [0.717, 1.165) is 5.56 Å². The summed E-state index contributed by atoms with van der Waals surface area (Å²) in [5, 5.41) is 2.65. The standard InChI is InChI=1S/C21H27NO9/c1-11-8-6-7-9-16(11)30-21-18(22-12(2)23)20(29-15(5)26)19(28-14(4)25)17(31-21)10-27-13(3)24/h6-9,17-21H,10H2,1-5H3,(H,22,23)/t17-,18-,19+,20-,21-/m0/s1. The van der Waals surface area contributed by atoms with Crippen LogP contribution in [0.5, 0.6) is 5.75 Å². The third kappa shape index (κ3) is 6.95. The number of amides is 1. The highest BCUT2D eigenvalue weighted by Gasteiger charge is 2.52. The van der Waals surface area contributed by atoms with Gasteiger partial charge in [-0.05, 0) is 18.6 Å². The van der Waals surface area contributed by atoms with Crippen molar-refractivity contribution in [2.75, 3.05) is 6.61 Å². The number of hydrogen-bond donors (Lipinski definition) is 1. The minimum absolute atomic E-state index is 0.286.